The average molecular weight is 436 g/mol. The normalized spacial score (nSPS) is 12.3. The highest BCUT2D eigenvalue weighted by atomic mass is 19.1. The molecule has 0 spiro atoms. The second-order valence-corrected chi connectivity index (χ2v) is 7.08. The summed E-state index contributed by atoms with van der Waals surface area (Å²) in [5.41, 5.74) is 7.82. The molecule has 7 nitrogen and oxygen atoms in total. The summed E-state index contributed by atoms with van der Waals surface area (Å²) in [4.78, 5) is 8.45. The van der Waals surface area contributed by atoms with Gasteiger partial charge in [-0.3, -0.25) is 9.81 Å². The van der Waals surface area contributed by atoms with Crippen molar-refractivity contribution >= 4 is 34.9 Å². The van der Waals surface area contributed by atoms with Crippen molar-refractivity contribution < 1.29 is 13.5 Å². The Morgan fingerprint density at radius 3 is 2.47 bits per heavy atom. The number of nitrogens with one attached hydrogen (secondary N) is 2. The molecule has 0 aliphatic rings. The number of amidine groups is 1. The SMILES string of the molecule is COC(C=C(C)C)=NC(=N)c1cnc2ccc(C(C=N)=C(N)c3c(F)cccc3F)cn12. The Morgan fingerprint density at radius 1 is 1.19 bits per heavy atom. The van der Waals surface area contributed by atoms with Gasteiger partial charge >= 0.3 is 0 Å². The molecule has 0 saturated heterocycles. The molecule has 32 heavy (non-hydrogen) atoms. The lowest BCUT2D eigenvalue weighted by Gasteiger charge is -2.11. The number of rotatable bonds is 5. The number of hydrogen-bond donors (Lipinski definition) is 3. The van der Waals surface area contributed by atoms with Crippen LogP contribution < -0.4 is 5.73 Å². The van der Waals surface area contributed by atoms with Crippen molar-refractivity contribution in [2.24, 2.45) is 10.7 Å². The van der Waals surface area contributed by atoms with Crippen LogP contribution in [0.4, 0.5) is 8.78 Å². The zero-order chi connectivity index (χ0) is 23.4. The first-order valence-electron chi connectivity index (χ1n) is 9.55. The second kappa shape index (κ2) is 9.34. The van der Waals surface area contributed by atoms with Crippen molar-refractivity contribution in [3.05, 3.63) is 82.8 Å². The lowest BCUT2D eigenvalue weighted by atomic mass is 10.0. The van der Waals surface area contributed by atoms with Gasteiger partial charge in [-0.15, -0.1) is 0 Å². The number of hydrogen-bond acceptors (Lipinski definition) is 5. The van der Waals surface area contributed by atoms with Crippen LogP contribution in [0.3, 0.4) is 0 Å². The van der Waals surface area contributed by atoms with E-state index in [0.717, 1.165) is 23.9 Å². The fourth-order valence-corrected chi connectivity index (χ4v) is 3.07. The molecule has 2 heterocycles. The first-order valence-corrected chi connectivity index (χ1v) is 9.55. The molecule has 9 heteroatoms. The van der Waals surface area contributed by atoms with Crippen LogP contribution in [0.5, 0.6) is 0 Å². The molecule has 0 fully saturated rings. The van der Waals surface area contributed by atoms with E-state index >= 15 is 0 Å². The quantitative estimate of drug-likeness (QED) is 0.406. The number of imidazole rings is 1. The average Bonchev–Trinajstić information content (AvgIpc) is 3.17. The van der Waals surface area contributed by atoms with Gasteiger partial charge in [-0.1, -0.05) is 11.6 Å². The van der Waals surface area contributed by atoms with E-state index in [1.807, 2.05) is 13.8 Å². The molecule has 164 valence electrons. The molecule has 0 atom stereocenters. The van der Waals surface area contributed by atoms with Gasteiger partial charge < -0.3 is 15.9 Å². The molecule has 0 aliphatic carbocycles. The number of ether oxygens (including phenoxy) is 1. The topological polar surface area (TPSA) is 113 Å². The third-order valence-electron chi connectivity index (χ3n) is 4.57. The van der Waals surface area contributed by atoms with Crippen molar-refractivity contribution in [3.63, 3.8) is 0 Å². The molecule has 0 saturated carbocycles. The van der Waals surface area contributed by atoms with Crippen LogP contribution in [-0.2, 0) is 4.74 Å². The zero-order valence-corrected chi connectivity index (χ0v) is 17.8. The van der Waals surface area contributed by atoms with Crippen LogP contribution >= 0.6 is 0 Å². The van der Waals surface area contributed by atoms with E-state index in [1.54, 1.807) is 28.8 Å². The Balaban J connectivity index is 2.14. The summed E-state index contributed by atoms with van der Waals surface area (Å²) in [6.45, 7) is 3.76. The highest BCUT2D eigenvalue weighted by Crippen LogP contribution is 2.26. The molecule has 0 unspecified atom stereocenters. The summed E-state index contributed by atoms with van der Waals surface area (Å²) < 4.78 is 35.2. The molecule has 2 aromatic heterocycles. The van der Waals surface area contributed by atoms with Gasteiger partial charge in [0.05, 0.1) is 24.6 Å². The van der Waals surface area contributed by atoms with Crippen LogP contribution in [0.2, 0.25) is 0 Å². The number of benzene rings is 1. The van der Waals surface area contributed by atoms with Crippen LogP contribution in [0, 0.1) is 22.5 Å². The molecular formula is C23H22F2N6O. The van der Waals surface area contributed by atoms with E-state index in [9.17, 15) is 8.78 Å². The van der Waals surface area contributed by atoms with Gasteiger partial charge in [-0.25, -0.2) is 13.8 Å². The number of halogens is 2. The van der Waals surface area contributed by atoms with Crippen LogP contribution in [-0.4, -0.2) is 34.4 Å². The third kappa shape index (κ3) is 4.46. The van der Waals surface area contributed by atoms with Gasteiger partial charge in [-0.2, -0.15) is 4.99 Å². The first-order chi connectivity index (χ1) is 15.3. The van der Waals surface area contributed by atoms with E-state index in [1.165, 1.54) is 19.4 Å². The lowest BCUT2D eigenvalue weighted by molar-refractivity contribution is 0.407. The summed E-state index contributed by atoms with van der Waals surface area (Å²) in [7, 11) is 1.46. The molecule has 0 bridgehead atoms. The van der Waals surface area contributed by atoms with Crippen LogP contribution in [0.1, 0.15) is 30.7 Å². The predicted molar refractivity (Wildman–Crippen MR) is 122 cm³/mol. The minimum atomic E-state index is -0.825. The standard InChI is InChI=1S/C23H22F2N6O/c1-13(2)9-20(32-3)30-23(28)18-11-29-19-8-7-14(12-31(18)19)15(10-26)22(27)21-16(24)5-4-6-17(21)25/h4-12,26,28H,27H2,1-3H3. The van der Waals surface area contributed by atoms with Crippen molar-refractivity contribution in [2.45, 2.75) is 13.8 Å². The molecule has 4 N–H and O–H groups in total. The highest BCUT2D eigenvalue weighted by Gasteiger charge is 2.17. The third-order valence-corrected chi connectivity index (χ3v) is 4.57. The van der Waals surface area contributed by atoms with Crippen molar-refractivity contribution in [1.82, 2.24) is 9.38 Å². The number of aromatic nitrogens is 2. The van der Waals surface area contributed by atoms with Crippen LogP contribution in [0.15, 0.2) is 59.4 Å². The fraction of sp³-hybridized carbons (Fsp3) is 0.130. The molecule has 0 amide bonds. The molecule has 0 radical (unpaired) electrons. The summed E-state index contributed by atoms with van der Waals surface area (Å²) in [5.74, 6) is -1.49. The number of nitrogens with zero attached hydrogens (tertiary/aromatic N) is 3. The summed E-state index contributed by atoms with van der Waals surface area (Å²) in [6, 6.07) is 6.73. The molecule has 0 aliphatic heterocycles. The summed E-state index contributed by atoms with van der Waals surface area (Å²) in [5, 5.41) is 16.2. The van der Waals surface area contributed by atoms with Crippen molar-refractivity contribution in [3.8, 4) is 0 Å². The molecular weight excluding hydrogens is 414 g/mol. The van der Waals surface area contributed by atoms with Gasteiger partial charge in [0.15, 0.2) is 5.84 Å². The zero-order valence-electron chi connectivity index (χ0n) is 17.8. The Labute approximate surface area is 183 Å². The Hall–Kier alpha value is -4.14. The summed E-state index contributed by atoms with van der Waals surface area (Å²) in [6.07, 6.45) is 5.69. The molecule has 1 aromatic carbocycles. The van der Waals surface area contributed by atoms with E-state index in [2.05, 4.69) is 9.98 Å². The van der Waals surface area contributed by atoms with E-state index in [0.29, 0.717) is 16.9 Å². The van der Waals surface area contributed by atoms with Gasteiger partial charge in [0.1, 0.15) is 23.0 Å². The fourth-order valence-electron chi connectivity index (χ4n) is 3.07. The second-order valence-electron chi connectivity index (χ2n) is 7.08. The summed E-state index contributed by atoms with van der Waals surface area (Å²) >= 11 is 0. The number of nitrogens with two attached hydrogens (primary N) is 1. The first kappa shape index (κ1) is 22.5. The van der Waals surface area contributed by atoms with Gasteiger partial charge in [-0.05, 0) is 44.2 Å². The van der Waals surface area contributed by atoms with Crippen molar-refractivity contribution in [1.29, 1.82) is 10.8 Å². The lowest BCUT2D eigenvalue weighted by Crippen LogP contribution is -2.09. The predicted octanol–water partition coefficient (Wildman–Crippen LogP) is 4.43. The Bertz CT molecular complexity index is 1280. The molecule has 3 rings (SSSR count). The minimum absolute atomic E-state index is 0.0995. The highest BCUT2D eigenvalue weighted by molar-refractivity contribution is 6.17. The number of pyridine rings is 1. The number of aliphatic imine (C=N–C) groups is 1. The van der Waals surface area contributed by atoms with Gasteiger partial charge in [0.2, 0.25) is 5.90 Å². The van der Waals surface area contributed by atoms with E-state index in [-0.39, 0.29) is 23.0 Å². The largest absolute Gasteiger partial charge is 0.481 e. The number of fused-ring (bicyclic) bond motifs is 1. The maximum Gasteiger partial charge on any atom is 0.214 e. The number of allylic oxidation sites excluding steroid dienone is 2. The van der Waals surface area contributed by atoms with Crippen LogP contribution in [0.25, 0.3) is 16.9 Å². The van der Waals surface area contributed by atoms with Gasteiger partial charge in [0.25, 0.3) is 0 Å². The maximum atomic E-state index is 14.2. The Morgan fingerprint density at radius 2 is 1.88 bits per heavy atom. The smallest absolute Gasteiger partial charge is 0.214 e. The number of methoxy groups -OCH3 is 1. The molecule has 3 aromatic rings. The van der Waals surface area contributed by atoms with E-state index in [4.69, 9.17) is 21.3 Å². The maximum absolute atomic E-state index is 14.2. The van der Waals surface area contributed by atoms with Gasteiger partial charge in [0, 0.05) is 23.5 Å². The van der Waals surface area contributed by atoms with E-state index < -0.39 is 17.2 Å². The Kier molecular flexibility index (Phi) is 6.58. The monoisotopic (exact) mass is 436 g/mol. The van der Waals surface area contributed by atoms with Crippen molar-refractivity contribution in [2.75, 3.05) is 7.11 Å². The minimum Gasteiger partial charge on any atom is -0.481 e.